The molecule has 0 aromatic heterocycles. The highest BCUT2D eigenvalue weighted by molar-refractivity contribution is 5.77. The zero-order chi connectivity index (χ0) is 17.5. The molecule has 0 saturated heterocycles. The van der Waals surface area contributed by atoms with Crippen LogP contribution in [0.2, 0.25) is 0 Å². The summed E-state index contributed by atoms with van der Waals surface area (Å²) in [5.74, 6) is -2.67. The van der Waals surface area contributed by atoms with Crippen molar-refractivity contribution in [3.63, 3.8) is 0 Å². The summed E-state index contributed by atoms with van der Waals surface area (Å²) in [5.41, 5.74) is 0. The van der Waals surface area contributed by atoms with Gasteiger partial charge in [0, 0.05) is 0 Å². The van der Waals surface area contributed by atoms with Crippen LogP contribution in [0.4, 0.5) is 0 Å². The first kappa shape index (κ1) is 21.9. The van der Waals surface area contributed by atoms with Gasteiger partial charge in [-0.3, -0.25) is 9.59 Å². The molecule has 0 rings (SSSR count). The summed E-state index contributed by atoms with van der Waals surface area (Å²) in [6.45, 7) is 4.35. The molecule has 0 heterocycles. The van der Waals surface area contributed by atoms with Crippen molar-refractivity contribution in [2.24, 2.45) is 11.8 Å². The molecular formula is C19H36O4. The summed E-state index contributed by atoms with van der Waals surface area (Å²) in [4.78, 5) is 22.5. The van der Waals surface area contributed by atoms with Gasteiger partial charge in [-0.1, -0.05) is 78.1 Å². The number of carboxylic acids is 2. The minimum Gasteiger partial charge on any atom is -0.481 e. The van der Waals surface area contributed by atoms with Crippen LogP contribution < -0.4 is 0 Å². The molecule has 0 aromatic carbocycles. The van der Waals surface area contributed by atoms with Gasteiger partial charge in [0.1, 0.15) is 0 Å². The van der Waals surface area contributed by atoms with E-state index in [1.54, 1.807) is 0 Å². The number of hydrogen-bond donors (Lipinski definition) is 2. The van der Waals surface area contributed by atoms with Gasteiger partial charge in [0.25, 0.3) is 0 Å². The van der Waals surface area contributed by atoms with Crippen molar-refractivity contribution in [3.8, 4) is 0 Å². The summed E-state index contributed by atoms with van der Waals surface area (Å²) >= 11 is 0. The zero-order valence-electron chi connectivity index (χ0n) is 15.1. The lowest BCUT2D eigenvalue weighted by molar-refractivity contribution is -0.150. The molecule has 1 unspecified atom stereocenters. The van der Waals surface area contributed by atoms with Crippen LogP contribution in [0.5, 0.6) is 0 Å². The molecule has 136 valence electrons. The highest BCUT2D eigenvalue weighted by Crippen LogP contribution is 2.28. The summed E-state index contributed by atoms with van der Waals surface area (Å²) in [6.07, 6.45) is 12.9. The molecule has 0 aliphatic heterocycles. The van der Waals surface area contributed by atoms with Gasteiger partial charge in [-0.05, 0) is 18.8 Å². The molecule has 2 N–H and O–H groups in total. The molecule has 0 aliphatic rings. The first-order valence-electron chi connectivity index (χ1n) is 9.47. The first-order chi connectivity index (χ1) is 11.0. The van der Waals surface area contributed by atoms with E-state index in [1.165, 1.54) is 38.5 Å². The molecule has 0 aliphatic carbocycles. The quantitative estimate of drug-likeness (QED) is 0.367. The highest BCUT2D eigenvalue weighted by Gasteiger charge is 2.29. The third-order valence-corrected chi connectivity index (χ3v) is 4.64. The normalized spacial score (nSPS) is 12.5. The maximum atomic E-state index is 11.5. The Morgan fingerprint density at radius 2 is 1.17 bits per heavy atom. The molecule has 23 heavy (non-hydrogen) atoms. The van der Waals surface area contributed by atoms with E-state index in [-0.39, 0.29) is 12.3 Å². The lowest BCUT2D eigenvalue weighted by Crippen LogP contribution is -2.26. The van der Waals surface area contributed by atoms with Crippen molar-refractivity contribution < 1.29 is 19.8 Å². The SMILES string of the molecule is CCCCCCCC(CCCCCCC)C(CC(=O)O)C(=O)O. The second-order valence-electron chi connectivity index (χ2n) is 6.71. The van der Waals surface area contributed by atoms with Gasteiger partial charge in [-0.15, -0.1) is 0 Å². The minimum atomic E-state index is -1.00. The van der Waals surface area contributed by atoms with Crippen LogP contribution in [0.25, 0.3) is 0 Å². The number of rotatable bonds is 16. The predicted octanol–water partition coefficient (Wildman–Crippen LogP) is 5.50. The van der Waals surface area contributed by atoms with Crippen molar-refractivity contribution in [1.29, 1.82) is 0 Å². The van der Waals surface area contributed by atoms with E-state index < -0.39 is 17.9 Å². The topological polar surface area (TPSA) is 74.6 Å². The fourth-order valence-electron chi connectivity index (χ4n) is 3.21. The molecule has 4 nitrogen and oxygen atoms in total. The van der Waals surface area contributed by atoms with E-state index in [9.17, 15) is 14.7 Å². The minimum absolute atomic E-state index is 0.00635. The van der Waals surface area contributed by atoms with E-state index >= 15 is 0 Å². The number of carbonyl (C=O) groups is 2. The lowest BCUT2D eigenvalue weighted by Gasteiger charge is -2.23. The number of unbranched alkanes of at least 4 members (excludes halogenated alkanes) is 8. The maximum absolute atomic E-state index is 11.5. The molecule has 0 radical (unpaired) electrons. The average molecular weight is 328 g/mol. The second kappa shape index (κ2) is 14.5. The van der Waals surface area contributed by atoms with Crippen LogP contribution in [0.15, 0.2) is 0 Å². The van der Waals surface area contributed by atoms with Crippen LogP contribution in [-0.2, 0) is 9.59 Å². The zero-order valence-corrected chi connectivity index (χ0v) is 15.1. The monoisotopic (exact) mass is 328 g/mol. The third kappa shape index (κ3) is 12.1. The largest absolute Gasteiger partial charge is 0.481 e. The van der Waals surface area contributed by atoms with Crippen molar-refractivity contribution in [2.75, 3.05) is 0 Å². The summed E-state index contributed by atoms with van der Waals surface area (Å²) < 4.78 is 0. The van der Waals surface area contributed by atoms with Crippen LogP contribution in [0.3, 0.4) is 0 Å². The Bertz CT molecular complexity index is 300. The highest BCUT2D eigenvalue weighted by atomic mass is 16.4. The fraction of sp³-hybridized carbons (Fsp3) is 0.895. The Morgan fingerprint density at radius 3 is 1.52 bits per heavy atom. The van der Waals surface area contributed by atoms with E-state index in [2.05, 4.69) is 13.8 Å². The van der Waals surface area contributed by atoms with Gasteiger partial charge >= 0.3 is 11.9 Å². The van der Waals surface area contributed by atoms with Gasteiger partial charge in [-0.25, -0.2) is 0 Å². The molecular weight excluding hydrogens is 292 g/mol. The van der Waals surface area contributed by atoms with Crippen molar-refractivity contribution in [1.82, 2.24) is 0 Å². The number of carboxylic acid groups (broad SMARTS) is 2. The van der Waals surface area contributed by atoms with Crippen molar-refractivity contribution >= 4 is 11.9 Å². The summed E-state index contributed by atoms with van der Waals surface area (Å²) in [7, 11) is 0. The molecule has 4 heteroatoms. The second-order valence-corrected chi connectivity index (χ2v) is 6.71. The van der Waals surface area contributed by atoms with E-state index in [0.29, 0.717) is 0 Å². The molecule has 0 saturated carbocycles. The molecule has 0 bridgehead atoms. The molecule has 0 aromatic rings. The molecule has 0 fully saturated rings. The van der Waals surface area contributed by atoms with Crippen LogP contribution in [0.1, 0.15) is 97.3 Å². The van der Waals surface area contributed by atoms with Gasteiger partial charge in [0.15, 0.2) is 0 Å². The summed E-state index contributed by atoms with van der Waals surface area (Å²) in [6, 6.07) is 0. The molecule has 0 spiro atoms. The first-order valence-corrected chi connectivity index (χ1v) is 9.47. The number of aliphatic carboxylic acids is 2. The van der Waals surface area contributed by atoms with Crippen molar-refractivity contribution in [3.05, 3.63) is 0 Å². The molecule has 1 atom stereocenters. The van der Waals surface area contributed by atoms with Gasteiger partial charge in [-0.2, -0.15) is 0 Å². The van der Waals surface area contributed by atoms with Crippen LogP contribution in [0, 0.1) is 11.8 Å². The standard InChI is InChI=1S/C19H36O4/c1-3-5-7-9-11-13-16(14-12-10-8-6-4-2)17(19(22)23)15-18(20)21/h16-17H,3-15H2,1-2H3,(H,20,21)(H,22,23). The van der Waals surface area contributed by atoms with E-state index in [1.807, 2.05) is 0 Å². The predicted molar refractivity (Wildman–Crippen MR) is 93.6 cm³/mol. The molecule has 0 amide bonds. The maximum Gasteiger partial charge on any atom is 0.307 e. The van der Waals surface area contributed by atoms with Crippen molar-refractivity contribution in [2.45, 2.75) is 97.3 Å². The van der Waals surface area contributed by atoms with Gasteiger partial charge in [0.2, 0.25) is 0 Å². The average Bonchev–Trinajstić information content (AvgIpc) is 2.50. The Hall–Kier alpha value is -1.06. The van der Waals surface area contributed by atoms with Crippen LogP contribution >= 0.6 is 0 Å². The summed E-state index contributed by atoms with van der Waals surface area (Å²) in [5, 5.41) is 18.4. The Balaban J connectivity index is 4.42. The lowest BCUT2D eigenvalue weighted by atomic mass is 9.81. The van der Waals surface area contributed by atoms with Crippen LogP contribution in [-0.4, -0.2) is 22.2 Å². The Morgan fingerprint density at radius 1 is 0.739 bits per heavy atom. The van der Waals surface area contributed by atoms with E-state index in [4.69, 9.17) is 5.11 Å². The number of hydrogen-bond acceptors (Lipinski definition) is 2. The van der Waals surface area contributed by atoms with Gasteiger partial charge < -0.3 is 10.2 Å². The van der Waals surface area contributed by atoms with Gasteiger partial charge in [0.05, 0.1) is 12.3 Å². The van der Waals surface area contributed by atoms with E-state index in [0.717, 1.165) is 38.5 Å². The Kier molecular flexibility index (Phi) is 13.9. The Labute approximate surface area is 141 Å². The third-order valence-electron chi connectivity index (χ3n) is 4.64. The fourth-order valence-corrected chi connectivity index (χ4v) is 3.21. The smallest absolute Gasteiger partial charge is 0.307 e.